The van der Waals surface area contributed by atoms with Gasteiger partial charge in [-0.1, -0.05) is 23.8 Å². The van der Waals surface area contributed by atoms with Crippen LogP contribution >= 0.6 is 11.8 Å². The number of ether oxygens (including phenoxy) is 2. The Morgan fingerprint density at radius 3 is 2.50 bits per heavy atom. The Morgan fingerprint density at radius 1 is 1.13 bits per heavy atom. The minimum Gasteiger partial charge on any atom is -0.497 e. The van der Waals surface area contributed by atoms with Gasteiger partial charge >= 0.3 is 0 Å². The highest BCUT2D eigenvalue weighted by Gasteiger charge is 2.25. The summed E-state index contributed by atoms with van der Waals surface area (Å²) in [6, 6.07) is 12.8. The highest BCUT2D eigenvalue weighted by atomic mass is 32.2. The van der Waals surface area contributed by atoms with Crippen molar-refractivity contribution in [2.45, 2.75) is 24.3 Å². The van der Waals surface area contributed by atoms with Crippen molar-refractivity contribution in [1.29, 1.82) is 0 Å². The number of amides is 1. The zero-order valence-electron chi connectivity index (χ0n) is 17.4. The first-order valence-corrected chi connectivity index (χ1v) is 12.4. The molecule has 0 aliphatic heterocycles. The molecule has 0 bridgehead atoms. The molecule has 0 spiro atoms. The topological polar surface area (TPSA) is 93.7 Å². The normalized spacial score (nSPS) is 12.2. The molecule has 0 aliphatic rings. The highest BCUT2D eigenvalue weighted by molar-refractivity contribution is 7.98. The van der Waals surface area contributed by atoms with Gasteiger partial charge in [-0.3, -0.25) is 4.79 Å². The largest absolute Gasteiger partial charge is 0.497 e. The summed E-state index contributed by atoms with van der Waals surface area (Å²) in [5.74, 6) is 1.57. The second-order valence-corrected chi connectivity index (χ2v) is 9.29. The third kappa shape index (κ3) is 7.55. The Labute approximate surface area is 182 Å². The highest BCUT2D eigenvalue weighted by Crippen LogP contribution is 2.18. The molecule has 0 saturated heterocycles. The number of sulfonamides is 1. The summed E-state index contributed by atoms with van der Waals surface area (Å²) in [6.07, 6.45) is 2.29. The van der Waals surface area contributed by atoms with Crippen LogP contribution in [0.15, 0.2) is 53.4 Å². The van der Waals surface area contributed by atoms with Crippen molar-refractivity contribution in [2.24, 2.45) is 0 Å². The van der Waals surface area contributed by atoms with E-state index in [1.807, 2.05) is 25.3 Å². The number of nitrogens with one attached hydrogen (secondary N) is 2. The number of benzene rings is 2. The van der Waals surface area contributed by atoms with Gasteiger partial charge in [0.05, 0.1) is 18.6 Å². The first-order valence-electron chi connectivity index (χ1n) is 9.48. The van der Waals surface area contributed by atoms with Crippen LogP contribution in [0.2, 0.25) is 0 Å². The lowest BCUT2D eigenvalue weighted by molar-refractivity contribution is -0.122. The summed E-state index contributed by atoms with van der Waals surface area (Å²) in [5, 5.41) is 2.74. The van der Waals surface area contributed by atoms with Gasteiger partial charge in [0.25, 0.3) is 0 Å². The van der Waals surface area contributed by atoms with Crippen molar-refractivity contribution < 1.29 is 22.7 Å². The summed E-state index contributed by atoms with van der Waals surface area (Å²) in [7, 11) is -2.22. The standard InChI is InChI=1S/C21H28N2O5S2/c1-16-7-9-19(10-8-16)30(25,26)23-20(11-14-29-3)21(24)22-12-13-28-18-6-4-5-17(15-18)27-2/h4-10,15,20,23H,11-14H2,1-3H3,(H,22,24). The summed E-state index contributed by atoms with van der Waals surface area (Å²) < 4.78 is 38.6. The van der Waals surface area contributed by atoms with Crippen LogP contribution in [0.25, 0.3) is 0 Å². The lowest BCUT2D eigenvalue weighted by Crippen LogP contribution is -2.47. The van der Waals surface area contributed by atoms with Crippen molar-refractivity contribution in [3.05, 3.63) is 54.1 Å². The van der Waals surface area contributed by atoms with Crippen molar-refractivity contribution in [2.75, 3.05) is 32.3 Å². The van der Waals surface area contributed by atoms with E-state index in [1.54, 1.807) is 43.1 Å². The maximum absolute atomic E-state index is 12.7. The van der Waals surface area contributed by atoms with Gasteiger partial charge in [0, 0.05) is 6.07 Å². The molecular weight excluding hydrogens is 424 g/mol. The number of hydrogen-bond donors (Lipinski definition) is 2. The second kappa shape index (κ2) is 11.8. The molecule has 7 nitrogen and oxygen atoms in total. The van der Waals surface area contributed by atoms with E-state index in [2.05, 4.69) is 10.0 Å². The summed E-state index contributed by atoms with van der Waals surface area (Å²) >= 11 is 1.55. The van der Waals surface area contributed by atoms with E-state index >= 15 is 0 Å². The third-order valence-electron chi connectivity index (χ3n) is 4.27. The molecular formula is C21H28N2O5S2. The molecule has 0 aromatic heterocycles. The van der Waals surface area contributed by atoms with E-state index in [0.717, 1.165) is 5.56 Å². The average molecular weight is 453 g/mol. The molecule has 2 aromatic carbocycles. The van der Waals surface area contributed by atoms with Gasteiger partial charge in [0.1, 0.15) is 24.1 Å². The molecule has 2 N–H and O–H groups in total. The van der Waals surface area contributed by atoms with Crippen molar-refractivity contribution in [3.63, 3.8) is 0 Å². The van der Waals surface area contributed by atoms with Crippen molar-refractivity contribution >= 4 is 27.7 Å². The monoisotopic (exact) mass is 452 g/mol. The zero-order valence-corrected chi connectivity index (χ0v) is 19.0. The Kier molecular flexibility index (Phi) is 9.48. The number of aryl methyl sites for hydroxylation is 1. The average Bonchev–Trinajstić information content (AvgIpc) is 2.74. The smallest absolute Gasteiger partial charge is 0.241 e. The van der Waals surface area contributed by atoms with Gasteiger partial charge in [0.15, 0.2) is 0 Å². The van der Waals surface area contributed by atoms with E-state index < -0.39 is 16.1 Å². The van der Waals surface area contributed by atoms with Crippen molar-refractivity contribution in [3.8, 4) is 11.5 Å². The molecule has 164 valence electrons. The molecule has 1 atom stereocenters. The van der Waals surface area contributed by atoms with Crippen LogP contribution in [0.3, 0.4) is 0 Å². The Hall–Kier alpha value is -2.23. The van der Waals surface area contributed by atoms with Crippen LogP contribution in [-0.4, -0.2) is 52.6 Å². The molecule has 0 fully saturated rings. The number of thioether (sulfide) groups is 1. The number of carbonyl (C=O) groups is 1. The molecule has 1 amide bonds. The van der Waals surface area contributed by atoms with Crippen LogP contribution in [0.1, 0.15) is 12.0 Å². The van der Waals surface area contributed by atoms with E-state index in [-0.39, 0.29) is 24.0 Å². The summed E-state index contributed by atoms with van der Waals surface area (Å²) in [6.45, 7) is 2.38. The second-order valence-electron chi connectivity index (χ2n) is 6.59. The first-order chi connectivity index (χ1) is 14.4. The fourth-order valence-corrected chi connectivity index (χ4v) is 4.31. The number of methoxy groups -OCH3 is 1. The molecule has 0 radical (unpaired) electrons. The van der Waals surface area contributed by atoms with E-state index in [0.29, 0.717) is 23.7 Å². The summed E-state index contributed by atoms with van der Waals surface area (Å²) in [5.41, 5.74) is 0.960. The number of carbonyl (C=O) groups excluding carboxylic acids is 1. The van der Waals surface area contributed by atoms with Crippen LogP contribution in [0.4, 0.5) is 0 Å². The predicted molar refractivity (Wildman–Crippen MR) is 120 cm³/mol. The van der Waals surface area contributed by atoms with Gasteiger partial charge in [-0.15, -0.1) is 0 Å². The maximum Gasteiger partial charge on any atom is 0.241 e. The van der Waals surface area contributed by atoms with Crippen LogP contribution < -0.4 is 19.5 Å². The Morgan fingerprint density at radius 2 is 1.83 bits per heavy atom. The molecule has 2 rings (SSSR count). The molecule has 30 heavy (non-hydrogen) atoms. The quantitative estimate of drug-likeness (QED) is 0.481. The Balaban J connectivity index is 1.93. The molecule has 1 unspecified atom stereocenters. The number of hydrogen-bond acceptors (Lipinski definition) is 6. The fraction of sp³-hybridized carbons (Fsp3) is 0.381. The van der Waals surface area contributed by atoms with Crippen LogP contribution in [-0.2, 0) is 14.8 Å². The SMILES string of the molecule is COc1cccc(OCCNC(=O)C(CCSC)NS(=O)(=O)c2ccc(C)cc2)c1. The molecule has 9 heteroatoms. The van der Waals surface area contributed by atoms with Gasteiger partial charge < -0.3 is 14.8 Å². The maximum atomic E-state index is 12.7. The van der Waals surface area contributed by atoms with Gasteiger partial charge in [-0.05, 0) is 49.6 Å². The van der Waals surface area contributed by atoms with Gasteiger partial charge in [-0.25, -0.2) is 8.42 Å². The van der Waals surface area contributed by atoms with Crippen LogP contribution in [0.5, 0.6) is 11.5 Å². The lowest BCUT2D eigenvalue weighted by atomic mass is 10.2. The van der Waals surface area contributed by atoms with Gasteiger partial charge in [0.2, 0.25) is 15.9 Å². The van der Waals surface area contributed by atoms with Crippen molar-refractivity contribution in [1.82, 2.24) is 10.0 Å². The predicted octanol–water partition coefficient (Wildman–Crippen LogP) is 2.60. The zero-order chi connectivity index (χ0) is 22.0. The third-order valence-corrected chi connectivity index (χ3v) is 6.40. The fourth-order valence-electron chi connectivity index (χ4n) is 2.61. The van der Waals surface area contributed by atoms with Gasteiger partial charge in [-0.2, -0.15) is 16.5 Å². The molecule has 0 heterocycles. The minimum absolute atomic E-state index is 0.136. The van der Waals surface area contributed by atoms with E-state index in [4.69, 9.17) is 9.47 Å². The Bertz CT molecular complexity index is 917. The summed E-state index contributed by atoms with van der Waals surface area (Å²) in [4.78, 5) is 12.7. The number of rotatable bonds is 12. The molecule has 0 aliphatic carbocycles. The minimum atomic E-state index is -3.80. The van der Waals surface area contributed by atoms with E-state index in [9.17, 15) is 13.2 Å². The first kappa shape index (κ1) is 24.0. The molecule has 2 aromatic rings. The van der Waals surface area contributed by atoms with E-state index in [1.165, 1.54) is 12.1 Å². The van der Waals surface area contributed by atoms with Crippen LogP contribution in [0, 0.1) is 6.92 Å². The lowest BCUT2D eigenvalue weighted by Gasteiger charge is -2.18. The molecule has 0 saturated carbocycles.